The number of para-hydroxylation sites is 1. The molecule has 2 aromatic rings. The van der Waals surface area contributed by atoms with E-state index >= 15 is 0 Å². The Morgan fingerprint density at radius 2 is 2.14 bits per heavy atom. The number of carbonyl (C=O) groups is 1. The Labute approximate surface area is 127 Å². The zero-order chi connectivity index (χ0) is 14.7. The summed E-state index contributed by atoms with van der Waals surface area (Å²) in [6, 6.07) is 13.5. The van der Waals surface area contributed by atoms with Crippen LogP contribution >= 0.6 is 11.3 Å². The van der Waals surface area contributed by atoms with Gasteiger partial charge in [0.2, 0.25) is 0 Å². The Morgan fingerprint density at radius 1 is 1.33 bits per heavy atom. The number of nitriles is 1. The smallest absolute Gasteiger partial charge is 0.145 e. The quantitative estimate of drug-likeness (QED) is 0.611. The van der Waals surface area contributed by atoms with Crippen molar-refractivity contribution in [2.75, 3.05) is 0 Å². The summed E-state index contributed by atoms with van der Waals surface area (Å²) in [5.41, 5.74) is 0.913. The molecule has 1 aliphatic rings. The Kier molecular flexibility index (Phi) is 3.85. The van der Waals surface area contributed by atoms with Gasteiger partial charge in [-0.05, 0) is 41.5 Å². The Hall–Kier alpha value is -2.38. The third-order valence-corrected chi connectivity index (χ3v) is 4.44. The second-order valence-corrected chi connectivity index (χ2v) is 5.82. The van der Waals surface area contributed by atoms with Gasteiger partial charge in [0, 0.05) is 12.0 Å². The van der Waals surface area contributed by atoms with Gasteiger partial charge in [0.1, 0.15) is 17.8 Å². The lowest BCUT2D eigenvalue weighted by atomic mass is 10.1. The van der Waals surface area contributed by atoms with Crippen molar-refractivity contribution >= 4 is 23.2 Å². The van der Waals surface area contributed by atoms with Crippen molar-refractivity contribution in [3.05, 3.63) is 52.7 Å². The van der Waals surface area contributed by atoms with Crippen molar-refractivity contribution in [1.82, 2.24) is 0 Å². The van der Waals surface area contributed by atoms with Crippen LogP contribution in [0.15, 0.2) is 47.9 Å². The van der Waals surface area contributed by atoms with Gasteiger partial charge >= 0.3 is 0 Å². The molecular weight excluding hydrogens is 282 g/mol. The Balaban J connectivity index is 1.89. The van der Waals surface area contributed by atoms with E-state index in [0.717, 1.165) is 34.7 Å². The fourth-order valence-electron chi connectivity index (χ4n) is 2.34. The molecule has 21 heavy (non-hydrogen) atoms. The predicted octanol–water partition coefficient (Wildman–Crippen LogP) is 4.28. The monoisotopic (exact) mass is 295 g/mol. The summed E-state index contributed by atoms with van der Waals surface area (Å²) in [4.78, 5) is 11.8. The molecule has 3 rings (SSSR count). The number of hydrogen-bond acceptors (Lipinski definition) is 4. The van der Waals surface area contributed by atoms with Crippen LogP contribution in [0.25, 0.3) is 5.57 Å². The molecule has 3 nitrogen and oxygen atoms in total. The van der Waals surface area contributed by atoms with Crippen molar-refractivity contribution in [1.29, 1.82) is 5.26 Å². The Bertz CT molecular complexity index is 712. The number of hydrogen-bond donors (Lipinski definition) is 0. The number of ether oxygens (including phenoxy) is 1. The van der Waals surface area contributed by atoms with E-state index in [4.69, 9.17) is 10.00 Å². The molecule has 0 radical (unpaired) electrons. The number of carbonyl (C=O) groups excluding carboxylic acids is 1. The minimum absolute atomic E-state index is 0.0382. The molecule has 1 saturated carbocycles. The second-order valence-electron chi connectivity index (χ2n) is 4.90. The molecule has 1 heterocycles. The van der Waals surface area contributed by atoms with E-state index in [2.05, 4.69) is 6.07 Å². The first-order valence-corrected chi connectivity index (χ1v) is 7.57. The van der Waals surface area contributed by atoms with Gasteiger partial charge in [-0.25, -0.2) is 0 Å². The average molecular weight is 295 g/mol. The lowest BCUT2D eigenvalue weighted by Gasteiger charge is -2.08. The third-order valence-electron chi connectivity index (χ3n) is 3.50. The van der Waals surface area contributed by atoms with E-state index in [1.54, 1.807) is 0 Å². The van der Waals surface area contributed by atoms with Crippen LogP contribution in [0.1, 0.15) is 11.3 Å². The van der Waals surface area contributed by atoms with Gasteiger partial charge in [0.15, 0.2) is 0 Å². The van der Waals surface area contributed by atoms with Crippen LogP contribution in [0.5, 0.6) is 11.5 Å². The molecule has 0 aliphatic heterocycles. The fraction of sp³-hybridized carbons (Fsp3) is 0.176. The third kappa shape index (κ3) is 2.88. The standard InChI is InChI=1S/C17H13NO2S/c18-8-6-14(15-10-12(15)11-19)17-16(7-9-21-17)20-13-4-2-1-3-5-13/h1-7,9,11-12,15H,10H2. The molecule has 104 valence electrons. The van der Waals surface area contributed by atoms with Crippen LogP contribution in [-0.2, 0) is 4.79 Å². The SMILES string of the molecule is N#CC=C(c1sccc1Oc1ccccc1)C1CC1C=O. The second kappa shape index (κ2) is 5.94. The number of nitrogens with zero attached hydrogens (tertiary/aromatic N) is 1. The number of benzene rings is 1. The molecule has 0 N–H and O–H groups in total. The molecule has 1 fully saturated rings. The summed E-state index contributed by atoms with van der Waals surface area (Å²) >= 11 is 1.54. The summed E-state index contributed by atoms with van der Waals surface area (Å²) < 4.78 is 5.90. The largest absolute Gasteiger partial charge is 0.456 e. The van der Waals surface area contributed by atoms with E-state index in [-0.39, 0.29) is 11.8 Å². The molecule has 0 bridgehead atoms. The zero-order valence-electron chi connectivity index (χ0n) is 11.2. The highest BCUT2D eigenvalue weighted by Gasteiger charge is 2.41. The fourth-order valence-corrected chi connectivity index (χ4v) is 3.24. The van der Waals surface area contributed by atoms with E-state index < -0.39 is 0 Å². The minimum atomic E-state index is 0.0382. The van der Waals surface area contributed by atoms with E-state index in [1.807, 2.05) is 41.8 Å². The first-order valence-electron chi connectivity index (χ1n) is 6.69. The summed E-state index contributed by atoms with van der Waals surface area (Å²) in [6.07, 6.45) is 3.33. The molecule has 0 spiro atoms. The van der Waals surface area contributed by atoms with Crippen molar-refractivity contribution in [2.45, 2.75) is 6.42 Å². The number of rotatable bonds is 5. The first kappa shape index (κ1) is 13.6. The lowest BCUT2D eigenvalue weighted by molar-refractivity contribution is -0.108. The Morgan fingerprint density at radius 3 is 2.81 bits per heavy atom. The van der Waals surface area contributed by atoms with Gasteiger partial charge in [0.05, 0.1) is 10.9 Å². The van der Waals surface area contributed by atoms with Crippen LogP contribution in [-0.4, -0.2) is 6.29 Å². The molecule has 1 aliphatic carbocycles. The summed E-state index contributed by atoms with van der Waals surface area (Å²) in [6.45, 7) is 0. The number of aldehydes is 1. The molecule has 0 saturated heterocycles. The maximum absolute atomic E-state index is 10.9. The van der Waals surface area contributed by atoms with Crippen LogP contribution in [0.2, 0.25) is 0 Å². The van der Waals surface area contributed by atoms with Crippen LogP contribution in [0, 0.1) is 23.2 Å². The highest BCUT2D eigenvalue weighted by atomic mass is 32.1. The van der Waals surface area contributed by atoms with Gasteiger partial charge < -0.3 is 9.53 Å². The van der Waals surface area contributed by atoms with E-state index in [9.17, 15) is 4.79 Å². The van der Waals surface area contributed by atoms with Gasteiger partial charge in [0.25, 0.3) is 0 Å². The van der Waals surface area contributed by atoms with Gasteiger partial charge in [-0.1, -0.05) is 18.2 Å². The van der Waals surface area contributed by atoms with Crippen molar-refractivity contribution in [3.8, 4) is 17.6 Å². The average Bonchev–Trinajstić information content (AvgIpc) is 3.17. The van der Waals surface area contributed by atoms with Gasteiger partial charge in [-0.3, -0.25) is 0 Å². The minimum Gasteiger partial charge on any atom is -0.456 e. The van der Waals surface area contributed by atoms with E-state index in [0.29, 0.717) is 0 Å². The molecule has 1 aromatic heterocycles. The van der Waals surface area contributed by atoms with Gasteiger partial charge in [-0.2, -0.15) is 5.26 Å². The molecule has 2 unspecified atom stereocenters. The topological polar surface area (TPSA) is 50.1 Å². The highest BCUT2D eigenvalue weighted by Crippen LogP contribution is 2.50. The molecule has 2 atom stereocenters. The van der Waals surface area contributed by atoms with Crippen molar-refractivity contribution in [2.24, 2.45) is 11.8 Å². The zero-order valence-corrected chi connectivity index (χ0v) is 12.0. The van der Waals surface area contributed by atoms with Crippen LogP contribution < -0.4 is 4.74 Å². The number of thiophene rings is 1. The van der Waals surface area contributed by atoms with E-state index in [1.165, 1.54) is 17.4 Å². The normalized spacial score (nSPS) is 20.6. The maximum atomic E-state index is 10.9. The molecule has 4 heteroatoms. The first-order chi connectivity index (χ1) is 10.3. The van der Waals surface area contributed by atoms with Crippen molar-refractivity contribution < 1.29 is 9.53 Å². The summed E-state index contributed by atoms with van der Waals surface area (Å²) in [5, 5.41) is 10.9. The predicted molar refractivity (Wildman–Crippen MR) is 82.1 cm³/mol. The molecule has 0 amide bonds. The lowest BCUT2D eigenvalue weighted by Crippen LogP contribution is -1.91. The van der Waals surface area contributed by atoms with Gasteiger partial charge in [-0.15, -0.1) is 11.3 Å². The number of allylic oxidation sites excluding steroid dienone is 2. The maximum Gasteiger partial charge on any atom is 0.145 e. The highest BCUT2D eigenvalue weighted by molar-refractivity contribution is 7.11. The van der Waals surface area contributed by atoms with Crippen molar-refractivity contribution in [3.63, 3.8) is 0 Å². The summed E-state index contributed by atoms with van der Waals surface area (Å²) in [5.74, 6) is 1.69. The molecular formula is C17H13NO2S. The van der Waals surface area contributed by atoms with Crippen LogP contribution in [0.4, 0.5) is 0 Å². The summed E-state index contributed by atoms with van der Waals surface area (Å²) in [7, 11) is 0. The molecule has 1 aromatic carbocycles. The van der Waals surface area contributed by atoms with Crippen LogP contribution in [0.3, 0.4) is 0 Å².